The van der Waals surface area contributed by atoms with Crippen molar-refractivity contribution >= 4 is 5.97 Å². The van der Waals surface area contributed by atoms with Crippen molar-refractivity contribution in [2.45, 2.75) is 63.2 Å². The maximum absolute atomic E-state index is 12.3. The van der Waals surface area contributed by atoms with Gasteiger partial charge in [0, 0.05) is 18.6 Å². The van der Waals surface area contributed by atoms with Gasteiger partial charge in [0.25, 0.3) is 0 Å². The topological polar surface area (TPSA) is 55.6 Å². The van der Waals surface area contributed by atoms with E-state index >= 15 is 0 Å². The molecule has 2 bridgehead atoms. The van der Waals surface area contributed by atoms with Crippen molar-refractivity contribution in [3.05, 3.63) is 35.9 Å². The first-order valence-corrected chi connectivity index (χ1v) is 8.38. The van der Waals surface area contributed by atoms with Gasteiger partial charge in [-0.25, -0.2) is 0 Å². The summed E-state index contributed by atoms with van der Waals surface area (Å²) in [6, 6.07) is 11.3. The molecule has 4 heteroatoms. The first-order chi connectivity index (χ1) is 10.6. The molecule has 0 saturated carbocycles. The summed E-state index contributed by atoms with van der Waals surface area (Å²) in [4.78, 5) is 14.8. The first-order valence-electron chi connectivity index (χ1n) is 8.38. The molecule has 2 unspecified atom stereocenters. The van der Waals surface area contributed by atoms with Crippen LogP contribution in [0, 0.1) is 0 Å². The second kappa shape index (κ2) is 6.39. The van der Waals surface area contributed by atoms with Gasteiger partial charge in [-0.2, -0.15) is 0 Å². The molecule has 2 N–H and O–H groups in total. The predicted molar refractivity (Wildman–Crippen MR) is 86.2 cm³/mol. The Kier molecular flexibility index (Phi) is 4.50. The molecule has 0 radical (unpaired) electrons. The van der Waals surface area contributed by atoms with E-state index in [9.17, 15) is 4.79 Å². The van der Waals surface area contributed by atoms with Crippen LogP contribution < -0.4 is 5.73 Å². The van der Waals surface area contributed by atoms with Crippen LogP contribution in [0.3, 0.4) is 0 Å². The highest BCUT2D eigenvalue weighted by Crippen LogP contribution is 2.39. The van der Waals surface area contributed by atoms with Crippen molar-refractivity contribution in [3.8, 4) is 0 Å². The summed E-state index contributed by atoms with van der Waals surface area (Å²) in [5.74, 6) is -0.216. The van der Waals surface area contributed by atoms with E-state index in [0.29, 0.717) is 18.7 Å². The number of nitrogens with two attached hydrogens (primary N) is 1. The molecule has 1 aromatic carbocycles. The normalized spacial score (nSPS) is 31.7. The molecule has 2 atom stereocenters. The maximum Gasteiger partial charge on any atom is 0.326 e. The van der Waals surface area contributed by atoms with E-state index in [4.69, 9.17) is 10.5 Å². The summed E-state index contributed by atoms with van der Waals surface area (Å²) in [5, 5.41) is 0. The molecule has 0 aliphatic carbocycles. The fourth-order valence-corrected chi connectivity index (χ4v) is 4.08. The van der Waals surface area contributed by atoms with Crippen LogP contribution in [0.5, 0.6) is 0 Å². The highest BCUT2D eigenvalue weighted by molar-refractivity contribution is 5.81. The lowest BCUT2D eigenvalue weighted by molar-refractivity contribution is -0.155. The van der Waals surface area contributed by atoms with Crippen molar-refractivity contribution < 1.29 is 9.53 Å². The van der Waals surface area contributed by atoms with E-state index in [0.717, 1.165) is 32.2 Å². The molecule has 2 fully saturated rings. The summed E-state index contributed by atoms with van der Waals surface area (Å²) in [5.41, 5.74) is 6.97. The number of hydrogen-bond donors (Lipinski definition) is 1. The van der Waals surface area contributed by atoms with Crippen LogP contribution in [-0.4, -0.2) is 35.1 Å². The Morgan fingerprint density at radius 1 is 1.27 bits per heavy atom. The third-order valence-corrected chi connectivity index (χ3v) is 5.10. The first kappa shape index (κ1) is 15.5. The minimum absolute atomic E-state index is 0.216. The molecule has 2 aliphatic rings. The van der Waals surface area contributed by atoms with E-state index in [1.54, 1.807) is 0 Å². The lowest BCUT2D eigenvalue weighted by Gasteiger charge is -2.51. The Hall–Kier alpha value is -1.39. The zero-order valence-corrected chi connectivity index (χ0v) is 13.3. The predicted octanol–water partition coefficient (Wildman–Crippen LogP) is 2.46. The zero-order valence-electron chi connectivity index (χ0n) is 13.3. The monoisotopic (exact) mass is 302 g/mol. The van der Waals surface area contributed by atoms with Crippen molar-refractivity contribution in [1.29, 1.82) is 0 Å². The van der Waals surface area contributed by atoms with Crippen LogP contribution in [0.1, 0.15) is 44.6 Å². The fraction of sp³-hybridized carbons (Fsp3) is 0.611. The van der Waals surface area contributed by atoms with Gasteiger partial charge in [-0.3, -0.25) is 9.69 Å². The summed E-state index contributed by atoms with van der Waals surface area (Å²) in [6.45, 7) is 3.20. The highest BCUT2D eigenvalue weighted by Gasteiger charge is 2.48. The molecule has 4 nitrogen and oxygen atoms in total. The average molecular weight is 302 g/mol. The minimum atomic E-state index is -0.793. The molecule has 1 aromatic rings. The Labute approximate surface area is 132 Å². The molecule has 2 saturated heterocycles. The highest BCUT2D eigenvalue weighted by atomic mass is 16.5. The molecule has 0 spiro atoms. The quantitative estimate of drug-likeness (QED) is 0.868. The van der Waals surface area contributed by atoms with Crippen molar-refractivity contribution in [2.24, 2.45) is 5.73 Å². The minimum Gasteiger partial charge on any atom is -0.465 e. The van der Waals surface area contributed by atoms with Crippen molar-refractivity contribution in [3.63, 3.8) is 0 Å². The zero-order chi connectivity index (χ0) is 15.6. The third kappa shape index (κ3) is 3.03. The maximum atomic E-state index is 12.3. The number of rotatable bonds is 4. The number of nitrogens with zero attached hydrogens (tertiary/aromatic N) is 1. The second-order valence-electron chi connectivity index (χ2n) is 6.68. The average Bonchev–Trinajstić information content (AvgIpc) is 2.50. The van der Waals surface area contributed by atoms with Gasteiger partial charge < -0.3 is 10.5 Å². The van der Waals surface area contributed by atoms with E-state index in [1.165, 1.54) is 12.0 Å². The van der Waals surface area contributed by atoms with Crippen LogP contribution in [0.25, 0.3) is 0 Å². The summed E-state index contributed by atoms with van der Waals surface area (Å²) >= 11 is 0. The number of esters is 1. The number of carbonyl (C=O) groups is 1. The summed E-state index contributed by atoms with van der Waals surface area (Å²) in [7, 11) is 0. The number of carbonyl (C=O) groups excluding carboxylic acids is 1. The number of piperidine rings is 2. The van der Waals surface area contributed by atoms with Crippen molar-refractivity contribution in [2.75, 3.05) is 6.61 Å². The van der Waals surface area contributed by atoms with E-state index in [-0.39, 0.29) is 5.97 Å². The smallest absolute Gasteiger partial charge is 0.326 e. The molecular formula is C18H26N2O2. The Bertz CT molecular complexity index is 503. The lowest BCUT2D eigenvalue weighted by Crippen LogP contribution is -2.64. The number of hydrogen-bond acceptors (Lipinski definition) is 4. The number of fused-ring (bicyclic) bond motifs is 2. The lowest BCUT2D eigenvalue weighted by atomic mass is 9.74. The van der Waals surface area contributed by atoms with Gasteiger partial charge in [0.2, 0.25) is 0 Å². The molecule has 0 amide bonds. The van der Waals surface area contributed by atoms with Gasteiger partial charge in [-0.05, 0) is 38.2 Å². The molecule has 2 aliphatic heterocycles. The van der Waals surface area contributed by atoms with Gasteiger partial charge in [0.15, 0.2) is 0 Å². The van der Waals surface area contributed by atoms with Crippen LogP contribution >= 0.6 is 0 Å². The van der Waals surface area contributed by atoms with E-state index in [1.807, 2.05) is 13.0 Å². The molecule has 3 rings (SSSR count). The standard InChI is InChI=1S/C18H26N2O2/c1-2-22-17(21)18(19)11-15-9-6-10-16(12-18)20(15)13-14-7-4-3-5-8-14/h3-5,7-8,15-16H,2,6,9-13,19H2,1H3. The van der Waals surface area contributed by atoms with Gasteiger partial charge in [-0.15, -0.1) is 0 Å². The number of ether oxygens (including phenoxy) is 1. The van der Waals surface area contributed by atoms with Crippen molar-refractivity contribution in [1.82, 2.24) is 4.90 Å². The van der Waals surface area contributed by atoms with E-state index < -0.39 is 5.54 Å². The second-order valence-corrected chi connectivity index (χ2v) is 6.68. The fourth-order valence-electron chi connectivity index (χ4n) is 4.08. The summed E-state index contributed by atoms with van der Waals surface area (Å²) < 4.78 is 5.22. The molecule has 120 valence electrons. The SMILES string of the molecule is CCOC(=O)C1(N)CC2CCCC(C1)N2Cc1ccccc1. The molecular weight excluding hydrogens is 276 g/mol. The third-order valence-electron chi connectivity index (χ3n) is 5.10. The van der Waals surface area contributed by atoms with Crippen LogP contribution in [0.15, 0.2) is 30.3 Å². The van der Waals surface area contributed by atoms with Crippen LogP contribution in [-0.2, 0) is 16.1 Å². The van der Waals surface area contributed by atoms with Crippen LogP contribution in [0.4, 0.5) is 0 Å². The van der Waals surface area contributed by atoms with Gasteiger partial charge >= 0.3 is 5.97 Å². The molecule has 0 aromatic heterocycles. The Morgan fingerprint density at radius 3 is 2.50 bits per heavy atom. The van der Waals surface area contributed by atoms with Gasteiger partial charge in [-0.1, -0.05) is 36.8 Å². The summed E-state index contributed by atoms with van der Waals surface area (Å²) in [6.07, 6.45) is 4.92. The molecule has 2 heterocycles. The van der Waals surface area contributed by atoms with Crippen LogP contribution in [0.2, 0.25) is 0 Å². The molecule has 22 heavy (non-hydrogen) atoms. The number of benzene rings is 1. The largest absolute Gasteiger partial charge is 0.465 e. The van der Waals surface area contributed by atoms with Gasteiger partial charge in [0.1, 0.15) is 5.54 Å². The van der Waals surface area contributed by atoms with Gasteiger partial charge in [0.05, 0.1) is 6.61 Å². The van der Waals surface area contributed by atoms with E-state index in [2.05, 4.69) is 29.2 Å². The Morgan fingerprint density at radius 2 is 1.91 bits per heavy atom. The Balaban J connectivity index is 1.75.